The smallest absolute Gasteiger partial charge is 0.407 e. The van der Waals surface area contributed by atoms with E-state index in [4.69, 9.17) is 9.11 Å². The minimum Gasteiger partial charge on any atom is -0.444 e. The standard InChI is InChI=1S/C24H36N4O2S/c1-24(2,3)30-23(29)25-19-10-8-18(9-11-19)12-13-27-14-16-28(17-15-27)22-20-6-4-5-7-21(20)31-26-22/h4-7,18-19H,8-17H2,1-3H3,(H,25,29). The van der Waals surface area contributed by atoms with Gasteiger partial charge in [-0.25, -0.2) is 4.79 Å². The Morgan fingerprint density at radius 3 is 2.55 bits per heavy atom. The number of nitrogens with one attached hydrogen (secondary N) is 1. The number of rotatable bonds is 5. The molecule has 2 aromatic rings. The monoisotopic (exact) mass is 444 g/mol. The fourth-order valence-electron chi connectivity index (χ4n) is 4.72. The van der Waals surface area contributed by atoms with Crippen molar-refractivity contribution in [2.24, 2.45) is 5.92 Å². The Balaban J connectivity index is 1.15. The number of carbonyl (C=O) groups is 1. The van der Waals surface area contributed by atoms with Gasteiger partial charge in [0, 0.05) is 37.6 Å². The second kappa shape index (κ2) is 9.74. The fourth-order valence-corrected chi connectivity index (χ4v) is 5.51. The molecule has 1 amide bonds. The third-order valence-electron chi connectivity index (χ3n) is 6.45. The Morgan fingerprint density at radius 1 is 1.13 bits per heavy atom. The van der Waals surface area contributed by atoms with Gasteiger partial charge >= 0.3 is 6.09 Å². The van der Waals surface area contributed by atoms with Gasteiger partial charge in [-0.2, -0.15) is 4.37 Å². The predicted octanol–water partition coefficient (Wildman–Crippen LogP) is 4.89. The van der Waals surface area contributed by atoms with Crippen LogP contribution in [-0.2, 0) is 4.74 Å². The summed E-state index contributed by atoms with van der Waals surface area (Å²) in [5.74, 6) is 1.94. The summed E-state index contributed by atoms with van der Waals surface area (Å²) in [6, 6.07) is 8.80. The van der Waals surface area contributed by atoms with Gasteiger partial charge in [-0.15, -0.1) is 0 Å². The van der Waals surface area contributed by atoms with E-state index in [-0.39, 0.29) is 12.1 Å². The van der Waals surface area contributed by atoms with E-state index in [1.165, 1.54) is 35.9 Å². The van der Waals surface area contributed by atoms with E-state index in [1.54, 1.807) is 11.5 Å². The number of ether oxygens (including phenoxy) is 1. The van der Waals surface area contributed by atoms with Crippen LogP contribution in [0.4, 0.5) is 10.6 Å². The molecule has 1 saturated carbocycles. The van der Waals surface area contributed by atoms with Crippen LogP contribution in [0.15, 0.2) is 24.3 Å². The summed E-state index contributed by atoms with van der Waals surface area (Å²) < 4.78 is 11.4. The Labute approximate surface area is 190 Å². The number of piperazine rings is 1. The van der Waals surface area contributed by atoms with Crippen LogP contribution in [-0.4, -0.2) is 59.7 Å². The Kier molecular flexibility index (Phi) is 7.02. The third kappa shape index (κ3) is 6.10. The van der Waals surface area contributed by atoms with Crippen molar-refractivity contribution in [2.45, 2.75) is 64.5 Å². The molecule has 4 rings (SSSR count). The molecule has 1 aliphatic carbocycles. The zero-order valence-electron chi connectivity index (χ0n) is 19.1. The van der Waals surface area contributed by atoms with Gasteiger partial charge in [-0.1, -0.05) is 12.1 Å². The molecule has 31 heavy (non-hydrogen) atoms. The van der Waals surface area contributed by atoms with Crippen molar-refractivity contribution >= 4 is 33.5 Å². The summed E-state index contributed by atoms with van der Waals surface area (Å²) in [4.78, 5) is 17.0. The van der Waals surface area contributed by atoms with E-state index in [0.29, 0.717) is 0 Å². The topological polar surface area (TPSA) is 57.7 Å². The van der Waals surface area contributed by atoms with Crippen molar-refractivity contribution in [1.29, 1.82) is 0 Å². The van der Waals surface area contributed by atoms with Crippen molar-refractivity contribution in [3.63, 3.8) is 0 Å². The minimum absolute atomic E-state index is 0.266. The molecule has 170 valence electrons. The largest absolute Gasteiger partial charge is 0.444 e. The first-order valence-corrected chi connectivity index (χ1v) is 12.5. The average Bonchev–Trinajstić information content (AvgIpc) is 3.16. The molecule has 0 bridgehead atoms. The van der Waals surface area contributed by atoms with E-state index in [1.807, 2.05) is 20.8 Å². The first-order chi connectivity index (χ1) is 14.9. The molecule has 0 atom stereocenters. The van der Waals surface area contributed by atoms with E-state index in [0.717, 1.165) is 50.8 Å². The molecule has 0 unspecified atom stereocenters. The summed E-state index contributed by atoms with van der Waals surface area (Å²) in [7, 11) is 0. The van der Waals surface area contributed by atoms with Crippen LogP contribution >= 0.6 is 11.5 Å². The molecule has 2 heterocycles. The zero-order chi connectivity index (χ0) is 21.8. The highest BCUT2D eigenvalue weighted by molar-refractivity contribution is 7.13. The van der Waals surface area contributed by atoms with Crippen molar-refractivity contribution in [3.05, 3.63) is 24.3 Å². The number of aromatic nitrogens is 1. The van der Waals surface area contributed by atoms with Crippen LogP contribution in [0.1, 0.15) is 52.9 Å². The number of anilines is 1. The van der Waals surface area contributed by atoms with Crippen molar-refractivity contribution in [3.8, 4) is 0 Å². The van der Waals surface area contributed by atoms with Crippen LogP contribution in [0.5, 0.6) is 0 Å². The lowest BCUT2D eigenvalue weighted by atomic mass is 9.84. The van der Waals surface area contributed by atoms with Crippen LogP contribution in [0, 0.1) is 5.92 Å². The molecular weight excluding hydrogens is 408 g/mol. The third-order valence-corrected chi connectivity index (χ3v) is 7.27. The van der Waals surface area contributed by atoms with E-state index in [2.05, 4.69) is 39.4 Å². The van der Waals surface area contributed by atoms with Crippen molar-refractivity contribution in [1.82, 2.24) is 14.6 Å². The van der Waals surface area contributed by atoms with Gasteiger partial charge in [-0.3, -0.25) is 4.90 Å². The zero-order valence-corrected chi connectivity index (χ0v) is 19.9. The molecular formula is C24H36N4O2S. The first kappa shape index (κ1) is 22.3. The number of amides is 1. The predicted molar refractivity (Wildman–Crippen MR) is 128 cm³/mol. The van der Waals surface area contributed by atoms with Crippen molar-refractivity contribution in [2.75, 3.05) is 37.6 Å². The van der Waals surface area contributed by atoms with Gasteiger partial charge < -0.3 is 15.0 Å². The summed E-state index contributed by atoms with van der Waals surface area (Å²) in [5.41, 5.74) is -0.433. The molecule has 2 fully saturated rings. The lowest BCUT2D eigenvalue weighted by molar-refractivity contribution is 0.0486. The number of hydrogen-bond acceptors (Lipinski definition) is 6. The average molecular weight is 445 g/mol. The number of hydrogen-bond donors (Lipinski definition) is 1. The normalized spacial score (nSPS) is 23.1. The molecule has 1 N–H and O–H groups in total. The summed E-state index contributed by atoms with van der Waals surface area (Å²) >= 11 is 1.60. The van der Waals surface area contributed by atoms with Gasteiger partial charge in [0.1, 0.15) is 11.4 Å². The maximum atomic E-state index is 12.0. The summed E-state index contributed by atoms with van der Waals surface area (Å²) in [6.07, 6.45) is 5.51. The molecule has 0 spiro atoms. The lowest BCUT2D eigenvalue weighted by Crippen LogP contribution is -2.47. The van der Waals surface area contributed by atoms with Crippen LogP contribution < -0.4 is 10.2 Å². The SMILES string of the molecule is CC(C)(C)OC(=O)NC1CCC(CCN2CCN(c3nsc4ccccc34)CC2)CC1. The highest BCUT2D eigenvalue weighted by Gasteiger charge is 2.26. The Morgan fingerprint density at radius 2 is 1.84 bits per heavy atom. The number of alkyl carbamates (subject to hydrolysis) is 1. The first-order valence-electron chi connectivity index (χ1n) is 11.7. The molecule has 1 aromatic heterocycles. The molecule has 6 nitrogen and oxygen atoms in total. The van der Waals surface area contributed by atoms with E-state index >= 15 is 0 Å². The Hall–Kier alpha value is -1.86. The quantitative estimate of drug-likeness (QED) is 0.711. The van der Waals surface area contributed by atoms with Gasteiger partial charge in [0.2, 0.25) is 0 Å². The number of fused-ring (bicyclic) bond motifs is 1. The number of nitrogens with zero attached hydrogens (tertiary/aromatic N) is 3. The molecule has 1 aromatic carbocycles. The van der Waals surface area contributed by atoms with Crippen LogP contribution in [0.2, 0.25) is 0 Å². The lowest BCUT2D eigenvalue weighted by Gasteiger charge is -2.36. The van der Waals surface area contributed by atoms with Gasteiger partial charge in [0.05, 0.1) is 4.70 Å². The number of benzene rings is 1. The second-order valence-electron chi connectivity index (χ2n) is 9.98. The highest BCUT2D eigenvalue weighted by Crippen LogP contribution is 2.30. The molecule has 1 saturated heterocycles. The second-order valence-corrected chi connectivity index (χ2v) is 10.8. The molecule has 0 radical (unpaired) electrons. The maximum absolute atomic E-state index is 12.0. The highest BCUT2D eigenvalue weighted by atomic mass is 32.1. The summed E-state index contributed by atoms with van der Waals surface area (Å²) in [5, 5.41) is 4.34. The molecule has 2 aliphatic rings. The van der Waals surface area contributed by atoms with Crippen LogP contribution in [0.3, 0.4) is 0 Å². The fraction of sp³-hybridized carbons (Fsp3) is 0.667. The molecule has 7 heteroatoms. The number of carbonyl (C=O) groups excluding carboxylic acids is 1. The minimum atomic E-state index is -0.433. The van der Waals surface area contributed by atoms with Crippen LogP contribution in [0.25, 0.3) is 10.1 Å². The molecule has 1 aliphatic heterocycles. The Bertz CT molecular complexity index is 862. The maximum Gasteiger partial charge on any atom is 0.407 e. The van der Waals surface area contributed by atoms with Crippen molar-refractivity contribution < 1.29 is 9.53 Å². The van der Waals surface area contributed by atoms with Gasteiger partial charge in [0.25, 0.3) is 0 Å². The van der Waals surface area contributed by atoms with E-state index in [9.17, 15) is 4.79 Å². The van der Waals surface area contributed by atoms with E-state index < -0.39 is 5.60 Å². The summed E-state index contributed by atoms with van der Waals surface area (Å²) in [6.45, 7) is 11.2. The van der Waals surface area contributed by atoms with Gasteiger partial charge in [-0.05, 0) is 89.0 Å². The van der Waals surface area contributed by atoms with Gasteiger partial charge in [0.15, 0.2) is 0 Å².